The van der Waals surface area contributed by atoms with Crippen LogP contribution >= 0.6 is 0 Å². The summed E-state index contributed by atoms with van der Waals surface area (Å²) in [6.45, 7) is 13.9. The van der Waals surface area contributed by atoms with Crippen molar-refractivity contribution < 1.29 is 19.4 Å². The molecule has 1 aliphatic carbocycles. The molecule has 1 atom stereocenters. The van der Waals surface area contributed by atoms with E-state index >= 15 is 0 Å². The van der Waals surface area contributed by atoms with Crippen molar-refractivity contribution in [1.29, 1.82) is 0 Å². The molecule has 1 fully saturated rings. The third kappa shape index (κ3) is 7.35. The summed E-state index contributed by atoms with van der Waals surface area (Å²) in [5.74, 6) is -0.217. The third-order valence-corrected chi connectivity index (χ3v) is 11.0. The average Bonchev–Trinajstić information content (AvgIpc) is 3.28. The van der Waals surface area contributed by atoms with E-state index in [1.165, 1.54) is 29.5 Å². The summed E-state index contributed by atoms with van der Waals surface area (Å²) in [6, 6.07) is 15.2. The van der Waals surface area contributed by atoms with Gasteiger partial charge >= 0.3 is 5.97 Å². The molecule has 10 heteroatoms. The fourth-order valence-corrected chi connectivity index (χ4v) is 7.54. The Morgan fingerprint density at radius 1 is 1.07 bits per heavy atom. The lowest BCUT2D eigenvalue weighted by Gasteiger charge is -2.41. The van der Waals surface area contributed by atoms with Crippen LogP contribution in [-0.4, -0.2) is 74.2 Å². The van der Waals surface area contributed by atoms with E-state index in [1.807, 2.05) is 35.0 Å². The fraction of sp³-hybridized carbons (Fsp3) is 0.444. The minimum absolute atomic E-state index is 0.124. The maximum Gasteiger partial charge on any atom is 0.339 e. The van der Waals surface area contributed by atoms with Crippen molar-refractivity contribution in [3.8, 4) is 11.5 Å². The zero-order chi connectivity index (χ0) is 32.4. The van der Waals surface area contributed by atoms with E-state index in [-0.39, 0.29) is 5.56 Å². The summed E-state index contributed by atoms with van der Waals surface area (Å²) in [6.07, 6.45) is 8.19. The summed E-state index contributed by atoms with van der Waals surface area (Å²) < 4.78 is 14.1. The van der Waals surface area contributed by atoms with Gasteiger partial charge in [-0.3, -0.25) is 4.90 Å². The van der Waals surface area contributed by atoms with Crippen LogP contribution in [0.4, 0.5) is 5.69 Å². The first kappa shape index (κ1) is 32.3. The lowest BCUT2D eigenvalue weighted by Crippen LogP contribution is -2.48. The molecule has 1 unspecified atom stereocenters. The van der Waals surface area contributed by atoms with Crippen molar-refractivity contribution in [2.24, 2.45) is 0 Å². The highest BCUT2D eigenvalue weighted by atomic mass is 28.3. The Hall–Kier alpha value is -3.60. The topological polar surface area (TPSA) is 80.1 Å². The fourth-order valence-electron chi connectivity index (χ4n) is 6.78. The van der Waals surface area contributed by atoms with Crippen molar-refractivity contribution >= 4 is 44.1 Å². The molecule has 4 aromatic rings. The molecular formula is C36H45BN4O4Si. The lowest BCUT2D eigenvalue weighted by molar-refractivity contribution is 0.0694. The SMILES string of the molecule is [B]c1cc(C)cc2c1CCCCC2N1CCN(c2ccc(C(=O)O)c(Oc3cnc4c(ccn4COCC[Si](C)(C)C)c3)c2)CC1. The number of fused-ring (bicyclic) bond motifs is 2. The number of pyridine rings is 1. The molecule has 1 aliphatic heterocycles. The molecule has 3 heterocycles. The summed E-state index contributed by atoms with van der Waals surface area (Å²) >= 11 is 0. The van der Waals surface area contributed by atoms with Crippen molar-refractivity contribution in [3.63, 3.8) is 0 Å². The second kappa shape index (κ2) is 13.6. The standard InChI is InChI=1S/C36H45BN4O4Si/c1-25-19-31-29(32(37)20-25)7-5-6-8-33(31)40-15-13-39(14-16-40)27-9-10-30(36(42)43)34(22-27)45-28-21-26-11-12-41(35(26)38-23-28)24-44-17-18-46(2,3)4/h9-12,19-23,33H,5-8,13-18,24H2,1-4H3,(H,42,43). The Morgan fingerprint density at radius 3 is 2.63 bits per heavy atom. The number of rotatable bonds is 10. The summed E-state index contributed by atoms with van der Waals surface area (Å²) in [4.78, 5) is 21.7. The molecule has 2 aliphatic rings. The van der Waals surface area contributed by atoms with Crippen LogP contribution in [0.1, 0.15) is 52.4 Å². The molecule has 6 rings (SSSR count). The number of benzene rings is 2. The van der Waals surface area contributed by atoms with Crippen LogP contribution in [0.25, 0.3) is 11.0 Å². The Balaban J connectivity index is 1.15. The molecule has 46 heavy (non-hydrogen) atoms. The molecule has 1 N–H and O–H groups in total. The number of anilines is 1. The van der Waals surface area contributed by atoms with Gasteiger partial charge in [0.25, 0.3) is 0 Å². The van der Waals surface area contributed by atoms with E-state index < -0.39 is 14.0 Å². The summed E-state index contributed by atoms with van der Waals surface area (Å²) in [5, 5.41) is 10.9. The van der Waals surface area contributed by atoms with Gasteiger partial charge in [0.15, 0.2) is 0 Å². The van der Waals surface area contributed by atoms with Crippen LogP contribution in [0.15, 0.2) is 54.9 Å². The smallest absolute Gasteiger partial charge is 0.339 e. The van der Waals surface area contributed by atoms with Gasteiger partial charge in [-0.05, 0) is 62.1 Å². The van der Waals surface area contributed by atoms with E-state index in [4.69, 9.17) is 17.3 Å². The van der Waals surface area contributed by atoms with Gasteiger partial charge in [-0.2, -0.15) is 0 Å². The van der Waals surface area contributed by atoms with Crippen LogP contribution in [0.5, 0.6) is 11.5 Å². The van der Waals surface area contributed by atoms with Crippen LogP contribution in [0.2, 0.25) is 25.7 Å². The molecule has 2 aromatic heterocycles. The number of carboxylic acid groups (broad SMARTS) is 1. The van der Waals surface area contributed by atoms with Gasteiger partial charge in [0.1, 0.15) is 37.3 Å². The number of hydrogen-bond acceptors (Lipinski definition) is 6. The second-order valence-corrected chi connectivity index (χ2v) is 19.6. The van der Waals surface area contributed by atoms with E-state index in [2.05, 4.69) is 53.5 Å². The highest BCUT2D eigenvalue weighted by molar-refractivity contribution is 6.76. The quantitative estimate of drug-likeness (QED) is 0.120. The van der Waals surface area contributed by atoms with Crippen LogP contribution in [0, 0.1) is 6.92 Å². The molecule has 0 amide bonds. The number of carboxylic acids is 1. The number of aromatic nitrogens is 2. The highest BCUT2D eigenvalue weighted by Gasteiger charge is 2.29. The zero-order valence-corrected chi connectivity index (χ0v) is 28.6. The number of nitrogens with zero attached hydrogens (tertiary/aromatic N) is 4. The lowest BCUT2D eigenvalue weighted by atomic mass is 9.83. The van der Waals surface area contributed by atoms with Gasteiger partial charge in [-0.25, -0.2) is 9.78 Å². The Bertz CT molecular complexity index is 1710. The van der Waals surface area contributed by atoms with Gasteiger partial charge < -0.3 is 24.0 Å². The molecule has 0 saturated carbocycles. The molecule has 2 aromatic carbocycles. The van der Waals surface area contributed by atoms with E-state index in [9.17, 15) is 9.90 Å². The largest absolute Gasteiger partial charge is 0.478 e. The summed E-state index contributed by atoms with van der Waals surface area (Å²) in [5.41, 5.74) is 6.77. The molecule has 240 valence electrons. The maximum absolute atomic E-state index is 12.2. The van der Waals surface area contributed by atoms with Crippen LogP contribution in [0.3, 0.4) is 0 Å². The van der Waals surface area contributed by atoms with Crippen molar-refractivity contribution in [3.05, 3.63) is 77.1 Å². The number of hydrogen-bond donors (Lipinski definition) is 1. The second-order valence-electron chi connectivity index (χ2n) is 14.0. The van der Waals surface area contributed by atoms with Crippen molar-refractivity contribution in [2.45, 2.75) is 71.1 Å². The minimum atomic E-state index is -1.15. The minimum Gasteiger partial charge on any atom is -0.478 e. The number of carbonyl (C=O) groups is 1. The van der Waals surface area contributed by atoms with Gasteiger partial charge in [-0.1, -0.05) is 54.8 Å². The van der Waals surface area contributed by atoms with Crippen molar-refractivity contribution in [2.75, 3.05) is 37.7 Å². The summed E-state index contributed by atoms with van der Waals surface area (Å²) in [7, 11) is 5.33. The Kier molecular flexibility index (Phi) is 9.59. The molecule has 8 nitrogen and oxygen atoms in total. The first-order valence-corrected chi connectivity index (χ1v) is 20.2. The molecule has 0 spiro atoms. The van der Waals surface area contributed by atoms with Gasteiger partial charge in [0, 0.05) is 70.2 Å². The zero-order valence-electron chi connectivity index (χ0n) is 27.6. The van der Waals surface area contributed by atoms with Gasteiger partial charge in [0.05, 0.1) is 6.20 Å². The van der Waals surface area contributed by atoms with Crippen molar-refractivity contribution in [1.82, 2.24) is 14.5 Å². The maximum atomic E-state index is 12.2. The number of piperazine rings is 1. The average molecular weight is 637 g/mol. The predicted molar refractivity (Wildman–Crippen MR) is 188 cm³/mol. The van der Waals surface area contributed by atoms with Gasteiger partial charge in [-0.15, -0.1) is 0 Å². The van der Waals surface area contributed by atoms with E-state index in [0.717, 1.165) is 73.9 Å². The van der Waals surface area contributed by atoms with E-state index in [1.54, 1.807) is 12.3 Å². The number of aromatic carboxylic acids is 1. The van der Waals surface area contributed by atoms with Crippen LogP contribution < -0.4 is 15.1 Å². The number of aryl methyl sites for hydroxylation is 1. The molecule has 1 saturated heterocycles. The predicted octanol–water partition coefficient (Wildman–Crippen LogP) is 6.53. The third-order valence-electron chi connectivity index (χ3n) is 9.32. The molecule has 2 radical (unpaired) electrons. The van der Waals surface area contributed by atoms with E-state index in [0.29, 0.717) is 24.3 Å². The van der Waals surface area contributed by atoms with Gasteiger partial charge in [0.2, 0.25) is 0 Å². The highest BCUT2D eigenvalue weighted by Crippen LogP contribution is 2.36. The molecular weight excluding hydrogens is 591 g/mol. The first-order chi connectivity index (χ1) is 22.1. The monoisotopic (exact) mass is 636 g/mol. The normalized spacial score (nSPS) is 17.6. The number of ether oxygens (including phenoxy) is 2. The molecule has 0 bridgehead atoms. The Labute approximate surface area is 274 Å². The Morgan fingerprint density at radius 2 is 1.87 bits per heavy atom. The van der Waals surface area contributed by atoms with Crippen LogP contribution in [-0.2, 0) is 17.9 Å². The first-order valence-electron chi connectivity index (χ1n) is 16.5.